The average Bonchev–Trinajstić information content (AvgIpc) is 3.02. The molecular weight excluding hydrogens is 348 g/mol. The Labute approximate surface area is 153 Å². The van der Waals surface area contributed by atoms with Crippen LogP contribution in [0.4, 0.5) is 11.4 Å². The Morgan fingerprint density at radius 2 is 1.77 bits per heavy atom. The van der Waals surface area contributed by atoms with E-state index in [2.05, 4.69) is 34.5 Å². The summed E-state index contributed by atoms with van der Waals surface area (Å²) >= 11 is 0. The van der Waals surface area contributed by atoms with Crippen molar-refractivity contribution < 1.29 is 13.2 Å². The molecule has 0 spiro atoms. The molecule has 1 atom stereocenters. The molecule has 2 heterocycles. The van der Waals surface area contributed by atoms with Crippen molar-refractivity contribution in [2.24, 2.45) is 5.92 Å². The fourth-order valence-electron chi connectivity index (χ4n) is 3.79. The average molecular weight is 370 g/mol. The summed E-state index contributed by atoms with van der Waals surface area (Å²) in [5, 5.41) is 2.97. The van der Waals surface area contributed by atoms with Gasteiger partial charge in [0, 0.05) is 13.1 Å². The first-order valence-electron chi connectivity index (χ1n) is 8.94. The fourth-order valence-corrected chi connectivity index (χ4v) is 5.53. The monoisotopic (exact) mass is 370 g/mol. The van der Waals surface area contributed by atoms with Gasteiger partial charge in [-0.2, -0.15) is 0 Å². The molecule has 1 amide bonds. The summed E-state index contributed by atoms with van der Waals surface area (Å²) < 4.78 is 23.3. The minimum atomic E-state index is -3.07. The highest BCUT2D eigenvalue weighted by atomic mass is 32.2. The summed E-state index contributed by atoms with van der Waals surface area (Å²) in [4.78, 5) is 14.8. The van der Waals surface area contributed by atoms with Crippen molar-refractivity contribution in [2.45, 2.75) is 19.4 Å². The molecular formula is C20H22N2O3S. The Bertz CT molecular complexity index is 940. The summed E-state index contributed by atoms with van der Waals surface area (Å²) in [6, 6.07) is 16.2. The number of rotatable bonds is 3. The van der Waals surface area contributed by atoms with Gasteiger partial charge < -0.3 is 10.2 Å². The standard InChI is InChI=1S/C20H22N2O3S/c23-20(17-10-12-26(24,25)14-17)21-18-7-3-4-8-19(18)22-11-9-15-5-1-2-6-16(15)13-22/h1-8,17H,9-14H2,(H,21,23)/t17-/m0/s1. The first kappa shape index (κ1) is 17.1. The molecule has 0 aromatic heterocycles. The zero-order valence-corrected chi connectivity index (χ0v) is 15.3. The first-order chi connectivity index (χ1) is 12.5. The molecule has 1 saturated heterocycles. The summed E-state index contributed by atoms with van der Waals surface area (Å²) in [6.45, 7) is 1.70. The molecule has 0 aliphatic carbocycles. The van der Waals surface area contributed by atoms with Gasteiger partial charge in [0.15, 0.2) is 9.84 Å². The van der Waals surface area contributed by atoms with Gasteiger partial charge in [0.2, 0.25) is 5.91 Å². The number of nitrogens with one attached hydrogen (secondary N) is 1. The lowest BCUT2D eigenvalue weighted by Crippen LogP contribution is -2.32. The van der Waals surface area contributed by atoms with Gasteiger partial charge >= 0.3 is 0 Å². The molecule has 0 radical (unpaired) electrons. The third-order valence-corrected chi connectivity index (χ3v) is 7.00. The van der Waals surface area contributed by atoms with Crippen LogP contribution in [0.25, 0.3) is 0 Å². The van der Waals surface area contributed by atoms with Crippen LogP contribution >= 0.6 is 0 Å². The maximum absolute atomic E-state index is 12.5. The van der Waals surface area contributed by atoms with Crippen LogP contribution < -0.4 is 10.2 Å². The molecule has 26 heavy (non-hydrogen) atoms. The van der Waals surface area contributed by atoms with E-state index < -0.39 is 15.8 Å². The molecule has 2 aromatic carbocycles. The number of fused-ring (bicyclic) bond motifs is 1. The number of carbonyl (C=O) groups is 1. The van der Waals surface area contributed by atoms with E-state index in [0.717, 1.165) is 30.9 Å². The van der Waals surface area contributed by atoms with Crippen molar-refractivity contribution in [1.82, 2.24) is 0 Å². The zero-order valence-electron chi connectivity index (χ0n) is 14.5. The fraction of sp³-hybridized carbons (Fsp3) is 0.350. The van der Waals surface area contributed by atoms with E-state index in [1.54, 1.807) is 0 Å². The molecule has 5 nitrogen and oxygen atoms in total. The minimum Gasteiger partial charge on any atom is -0.365 e. The Morgan fingerprint density at radius 3 is 2.54 bits per heavy atom. The topological polar surface area (TPSA) is 66.5 Å². The summed E-state index contributed by atoms with van der Waals surface area (Å²) in [5.74, 6) is -0.584. The maximum Gasteiger partial charge on any atom is 0.228 e. The largest absolute Gasteiger partial charge is 0.365 e. The van der Waals surface area contributed by atoms with Crippen LogP contribution in [-0.2, 0) is 27.6 Å². The molecule has 1 N–H and O–H groups in total. The summed E-state index contributed by atoms with van der Waals surface area (Å²) in [7, 11) is -3.07. The normalized spacial score (nSPS) is 21.2. The smallest absolute Gasteiger partial charge is 0.228 e. The SMILES string of the molecule is O=C(Nc1ccccc1N1CCc2ccccc2C1)[C@H]1CCS(=O)(=O)C1. The van der Waals surface area contributed by atoms with Gasteiger partial charge in [-0.3, -0.25) is 4.79 Å². The van der Waals surface area contributed by atoms with E-state index in [-0.39, 0.29) is 17.4 Å². The van der Waals surface area contributed by atoms with Crippen molar-refractivity contribution in [2.75, 3.05) is 28.3 Å². The van der Waals surface area contributed by atoms with Crippen LogP contribution in [0.15, 0.2) is 48.5 Å². The highest BCUT2D eigenvalue weighted by molar-refractivity contribution is 7.91. The van der Waals surface area contributed by atoms with Crippen molar-refractivity contribution in [3.63, 3.8) is 0 Å². The lowest BCUT2D eigenvalue weighted by molar-refractivity contribution is -0.119. The van der Waals surface area contributed by atoms with E-state index in [1.807, 2.05) is 24.3 Å². The lowest BCUT2D eigenvalue weighted by Gasteiger charge is -2.32. The number of anilines is 2. The molecule has 2 aromatic rings. The van der Waals surface area contributed by atoms with Gasteiger partial charge in [0.05, 0.1) is 28.8 Å². The van der Waals surface area contributed by atoms with E-state index in [4.69, 9.17) is 0 Å². The molecule has 2 aliphatic rings. The third-order valence-electron chi connectivity index (χ3n) is 5.24. The van der Waals surface area contributed by atoms with Gasteiger partial charge in [-0.1, -0.05) is 36.4 Å². The lowest BCUT2D eigenvalue weighted by atomic mass is 9.99. The number of carbonyl (C=O) groups excluding carboxylic acids is 1. The van der Waals surface area contributed by atoms with Crippen LogP contribution in [0, 0.1) is 5.92 Å². The minimum absolute atomic E-state index is 0.0436. The van der Waals surface area contributed by atoms with E-state index in [9.17, 15) is 13.2 Å². The summed E-state index contributed by atoms with van der Waals surface area (Å²) in [5.41, 5.74) is 4.42. The Kier molecular flexibility index (Phi) is 4.44. The number of amides is 1. The Balaban J connectivity index is 1.53. The van der Waals surface area contributed by atoms with E-state index in [1.165, 1.54) is 11.1 Å². The molecule has 1 fully saturated rings. The quantitative estimate of drug-likeness (QED) is 0.902. The molecule has 2 aliphatic heterocycles. The predicted octanol–water partition coefficient (Wildman–Crippen LogP) is 2.62. The first-order valence-corrected chi connectivity index (χ1v) is 10.8. The molecule has 0 bridgehead atoms. The van der Waals surface area contributed by atoms with Gasteiger partial charge in [-0.15, -0.1) is 0 Å². The second kappa shape index (κ2) is 6.76. The molecule has 4 rings (SSSR count). The van der Waals surface area contributed by atoms with Crippen molar-refractivity contribution in [1.29, 1.82) is 0 Å². The number of sulfone groups is 1. The number of nitrogens with zero attached hydrogens (tertiary/aromatic N) is 1. The Morgan fingerprint density at radius 1 is 1.04 bits per heavy atom. The van der Waals surface area contributed by atoms with Gasteiger partial charge in [0.25, 0.3) is 0 Å². The second-order valence-electron chi connectivity index (χ2n) is 7.05. The van der Waals surface area contributed by atoms with Gasteiger partial charge in [-0.25, -0.2) is 8.42 Å². The number of hydrogen-bond donors (Lipinski definition) is 1. The number of para-hydroxylation sites is 2. The van der Waals surface area contributed by atoms with Crippen LogP contribution in [-0.4, -0.2) is 32.4 Å². The Hall–Kier alpha value is -2.34. The molecule has 0 saturated carbocycles. The predicted molar refractivity (Wildman–Crippen MR) is 103 cm³/mol. The maximum atomic E-state index is 12.5. The van der Waals surface area contributed by atoms with Crippen LogP contribution in [0.2, 0.25) is 0 Å². The van der Waals surface area contributed by atoms with Crippen LogP contribution in [0.1, 0.15) is 17.5 Å². The number of hydrogen-bond acceptors (Lipinski definition) is 4. The van der Waals surface area contributed by atoms with Crippen molar-refractivity contribution in [3.05, 3.63) is 59.7 Å². The van der Waals surface area contributed by atoms with Crippen molar-refractivity contribution in [3.8, 4) is 0 Å². The highest BCUT2D eigenvalue weighted by Gasteiger charge is 2.33. The molecule has 0 unspecified atom stereocenters. The van der Waals surface area contributed by atoms with E-state index >= 15 is 0 Å². The van der Waals surface area contributed by atoms with Gasteiger partial charge in [0.1, 0.15) is 0 Å². The van der Waals surface area contributed by atoms with E-state index in [0.29, 0.717) is 6.42 Å². The molecule has 6 heteroatoms. The second-order valence-corrected chi connectivity index (χ2v) is 9.28. The highest BCUT2D eigenvalue weighted by Crippen LogP contribution is 2.31. The van der Waals surface area contributed by atoms with Crippen LogP contribution in [0.3, 0.4) is 0 Å². The molecule has 136 valence electrons. The van der Waals surface area contributed by atoms with Gasteiger partial charge in [-0.05, 0) is 36.1 Å². The summed E-state index contributed by atoms with van der Waals surface area (Å²) in [6.07, 6.45) is 1.38. The number of benzene rings is 2. The van der Waals surface area contributed by atoms with Crippen molar-refractivity contribution >= 4 is 27.1 Å². The zero-order chi connectivity index (χ0) is 18.1. The van der Waals surface area contributed by atoms with Crippen LogP contribution in [0.5, 0.6) is 0 Å². The third kappa shape index (κ3) is 3.46.